The Kier molecular flexibility index (Phi) is 2.97. The molecule has 0 saturated carbocycles. The summed E-state index contributed by atoms with van der Waals surface area (Å²) in [7, 11) is 0. The standard InChI is InChI=1S/C16H17N3O4/c1-8(2)19-15-14(16(21)18-19)10(6-13(20)17-15)9-3-4-11-12(5-9)23-7-22-11/h3-5,8,10H,6-7H2,1-2H3,(H,17,20)(H,18,21). The van der Waals surface area contributed by atoms with Crippen LogP contribution in [0.15, 0.2) is 23.0 Å². The number of nitrogens with one attached hydrogen (secondary N) is 2. The van der Waals surface area contributed by atoms with Crippen LogP contribution in [0.4, 0.5) is 5.82 Å². The molecule has 0 spiro atoms. The monoisotopic (exact) mass is 315 g/mol. The summed E-state index contributed by atoms with van der Waals surface area (Å²) < 4.78 is 12.4. The Balaban J connectivity index is 1.85. The lowest BCUT2D eigenvalue weighted by atomic mass is 9.87. The molecule has 1 aromatic heterocycles. The summed E-state index contributed by atoms with van der Waals surface area (Å²) in [5.74, 6) is 1.49. The minimum absolute atomic E-state index is 0.0438. The first kappa shape index (κ1) is 13.9. The van der Waals surface area contributed by atoms with Crippen molar-refractivity contribution in [3.8, 4) is 11.5 Å². The topological polar surface area (TPSA) is 85.4 Å². The van der Waals surface area contributed by atoms with Gasteiger partial charge < -0.3 is 14.8 Å². The lowest BCUT2D eigenvalue weighted by Crippen LogP contribution is -2.27. The van der Waals surface area contributed by atoms with Crippen LogP contribution < -0.4 is 20.3 Å². The van der Waals surface area contributed by atoms with Crippen LogP contribution in [-0.2, 0) is 4.79 Å². The van der Waals surface area contributed by atoms with Crippen LogP contribution in [0.2, 0.25) is 0 Å². The summed E-state index contributed by atoms with van der Waals surface area (Å²) in [6.07, 6.45) is 0.234. The van der Waals surface area contributed by atoms with E-state index in [1.54, 1.807) is 4.68 Å². The number of anilines is 1. The van der Waals surface area contributed by atoms with Crippen LogP contribution in [0.25, 0.3) is 0 Å². The van der Waals surface area contributed by atoms with E-state index in [9.17, 15) is 9.59 Å². The highest BCUT2D eigenvalue weighted by atomic mass is 16.7. The van der Waals surface area contributed by atoms with Gasteiger partial charge in [-0.2, -0.15) is 0 Å². The van der Waals surface area contributed by atoms with E-state index < -0.39 is 0 Å². The lowest BCUT2D eigenvalue weighted by molar-refractivity contribution is -0.116. The summed E-state index contributed by atoms with van der Waals surface area (Å²) in [5, 5.41) is 5.64. The van der Waals surface area contributed by atoms with Crippen molar-refractivity contribution in [1.82, 2.24) is 9.78 Å². The van der Waals surface area contributed by atoms with Gasteiger partial charge in [0.1, 0.15) is 5.82 Å². The van der Waals surface area contributed by atoms with Gasteiger partial charge in [0.15, 0.2) is 11.5 Å². The number of aromatic amines is 1. The van der Waals surface area contributed by atoms with Crippen LogP contribution in [0.1, 0.15) is 43.4 Å². The van der Waals surface area contributed by atoms with Gasteiger partial charge in [-0.05, 0) is 31.5 Å². The number of carbonyl (C=O) groups excluding carboxylic acids is 1. The maximum absolute atomic E-state index is 12.4. The second-order valence-corrected chi connectivity index (χ2v) is 6.08. The number of carbonyl (C=O) groups is 1. The van der Waals surface area contributed by atoms with E-state index in [1.807, 2.05) is 32.0 Å². The molecular formula is C16H17N3O4. The largest absolute Gasteiger partial charge is 0.454 e. The molecule has 0 fully saturated rings. The highest BCUT2D eigenvalue weighted by Crippen LogP contribution is 2.40. The minimum Gasteiger partial charge on any atom is -0.454 e. The molecule has 1 unspecified atom stereocenters. The Bertz CT molecular complexity index is 849. The van der Waals surface area contributed by atoms with E-state index >= 15 is 0 Å². The van der Waals surface area contributed by atoms with Crippen molar-refractivity contribution >= 4 is 11.7 Å². The number of H-pyrrole nitrogens is 1. The molecule has 2 aliphatic heterocycles. The van der Waals surface area contributed by atoms with Gasteiger partial charge in [-0.1, -0.05) is 6.07 Å². The maximum atomic E-state index is 12.4. The first-order valence-corrected chi connectivity index (χ1v) is 7.58. The first-order chi connectivity index (χ1) is 11.0. The molecule has 0 saturated heterocycles. The first-order valence-electron chi connectivity index (χ1n) is 7.58. The number of nitrogens with zero attached hydrogens (tertiary/aromatic N) is 1. The number of ether oxygens (including phenoxy) is 2. The van der Waals surface area contributed by atoms with E-state index in [0.29, 0.717) is 22.9 Å². The third-order valence-corrected chi connectivity index (χ3v) is 4.27. The molecule has 7 heteroatoms. The number of amides is 1. The Morgan fingerprint density at radius 3 is 2.78 bits per heavy atom. The molecule has 1 aromatic carbocycles. The zero-order chi connectivity index (χ0) is 16.1. The van der Waals surface area contributed by atoms with Crippen molar-refractivity contribution in [3.05, 3.63) is 39.7 Å². The molecule has 4 rings (SSSR count). The van der Waals surface area contributed by atoms with Gasteiger partial charge in [-0.15, -0.1) is 0 Å². The minimum atomic E-state index is -0.294. The maximum Gasteiger partial charge on any atom is 0.270 e. The van der Waals surface area contributed by atoms with E-state index in [4.69, 9.17) is 9.47 Å². The summed E-state index contributed by atoms with van der Waals surface area (Å²) in [5.41, 5.74) is 1.30. The molecule has 2 aromatic rings. The Labute approximate surface area is 132 Å². The van der Waals surface area contributed by atoms with E-state index in [0.717, 1.165) is 5.56 Å². The molecular weight excluding hydrogens is 298 g/mol. The number of hydrogen-bond acceptors (Lipinski definition) is 4. The van der Waals surface area contributed by atoms with Crippen molar-refractivity contribution in [2.75, 3.05) is 12.1 Å². The zero-order valence-electron chi connectivity index (χ0n) is 12.9. The van der Waals surface area contributed by atoms with Crippen LogP contribution in [0.5, 0.6) is 11.5 Å². The van der Waals surface area contributed by atoms with Gasteiger partial charge in [0.25, 0.3) is 5.56 Å². The highest BCUT2D eigenvalue weighted by Gasteiger charge is 2.33. The highest BCUT2D eigenvalue weighted by molar-refractivity contribution is 5.94. The lowest BCUT2D eigenvalue weighted by Gasteiger charge is -2.24. The van der Waals surface area contributed by atoms with Gasteiger partial charge in [0, 0.05) is 18.4 Å². The number of benzene rings is 1. The predicted octanol–water partition coefficient (Wildman–Crippen LogP) is 1.96. The van der Waals surface area contributed by atoms with Crippen LogP contribution in [0, 0.1) is 0 Å². The molecule has 0 aliphatic carbocycles. The quantitative estimate of drug-likeness (QED) is 0.887. The molecule has 2 aliphatic rings. The van der Waals surface area contributed by atoms with E-state index in [2.05, 4.69) is 10.4 Å². The summed E-state index contributed by atoms with van der Waals surface area (Å²) in [6.45, 7) is 4.10. The van der Waals surface area contributed by atoms with Gasteiger partial charge in [0.2, 0.25) is 12.7 Å². The second-order valence-electron chi connectivity index (χ2n) is 6.08. The van der Waals surface area contributed by atoms with Gasteiger partial charge >= 0.3 is 0 Å². The number of aromatic nitrogens is 2. The van der Waals surface area contributed by atoms with Crippen molar-refractivity contribution < 1.29 is 14.3 Å². The summed E-state index contributed by atoms with van der Waals surface area (Å²) in [6, 6.07) is 5.59. The molecule has 23 heavy (non-hydrogen) atoms. The van der Waals surface area contributed by atoms with Crippen molar-refractivity contribution in [1.29, 1.82) is 0 Å². The average Bonchev–Trinajstić information content (AvgIpc) is 3.10. The van der Waals surface area contributed by atoms with E-state index in [1.165, 1.54) is 0 Å². The van der Waals surface area contributed by atoms with Gasteiger partial charge in [-0.25, -0.2) is 0 Å². The Hall–Kier alpha value is -2.70. The third kappa shape index (κ3) is 2.11. The molecule has 0 bridgehead atoms. The fraction of sp³-hybridized carbons (Fsp3) is 0.375. The molecule has 3 heterocycles. The van der Waals surface area contributed by atoms with Crippen LogP contribution >= 0.6 is 0 Å². The average molecular weight is 315 g/mol. The molecule has 7 nitrogen and oxygen atoms in total. The smallest absolute Gasteiger partial charge is 0.270 e. The van der Waals surface area contributed by atoms with Crippen molar-refractivity contribution in [2.45, 2.75) is 32.2 Å². The fourth-order valence-electron chi connectivity index (χ4n) is 3.19. The normalized spacial score (nSPS) is 18.9. The van der Waals surface area contributed by atoms with Gasteiger partial charge in [0.05, 0.1) is 5.56 Å². The molecule has 1 atom stereocenters. The van der Waals surface area contributed by atoms with Crippen molar-refractivity contribution in [2.24, 2.45) is 0 Å². The Morgan fingerprint density at radius 1 is 1.22 bits per heavy atom. The number of fused-ring (bicyclic) bond motifs is 2. The summed E-state index contributed by atoms with van der Waals surface area (Å²) >= 11 is 0. The van der Waals surface area contributed by atoms with Crippen molar-refractivity contribution in [3.63, 3.8) is 0 Å². The SMILES string of the molecule is CC(C)n1[nH]c(=O)c2c1NC(=O)CC2c1ccc2c(c1)OCO2. The van der Waals surface area contributed by atoms with Crippen LogP contribution in [-0.4, -0.2) is 22.5 Å². The predicted molar refractivity (Wildman–Crippen MR) is 83.1 cm³/mol. The number of hydrogen-bond donors (Lipinski definition) is 2. The van der Waals surface area contributed by atoms with E-state index in [-0.39, 0.29) is 36.6 Å². The van der Waals surface area contributed by atoms with Gasteiger partial charge in [-0.3, -0.25) is 19.4 Å². The second kappa shape index (κ2) is 4.91. The third-order valence-electron chi connectivity index (χ3n) is 4.27. The zero-order valence-corrected chi connectivity index (χ0v) is 12.9. The number of rotatable bonds is 2. The summed E-state index contributed by atoms with van der Waals surface area (Å²) in [4.78, 5) is 24.6. The Morgan fingerprint density at radius 2 is 2.00 bits per heavy atom. The fourth-order valence-corrected chi connectivity index (χ4v) is 3.19. The van der Waals surface area contributed by atoms with Crippen LogP contribution in [0.3, 0.4) is 0 Å². The molecule has 120 valence electrons. The molecule has 0 radical (unpaired) electrons. The molecule has 1 amide bonds. The molecule has 2 N–H and O–H groups in total.